The highest BCUT2D eigenvalue weighted by atomic mass is 16.5. The third-order valence-electron chi connectivity index (χ3n) is 6.55. The van der Waals surface area contributed by atoms with E-state index in [4.69, 9.17) is 4.74 Å². The molecule has 2 N–H and O–H groups in total. The number of hydrogen-bond donors (Lipinski definition) is 2. The first-order chi connectivity index (χ1) is 15.7. The standard InChI is InChI=1S/C27H27N3O2/c1-32-22-7-4-19(5-8-22)2-3-20-6-9-25-24(16-20)27-23(26(18-31)29-25)12-15-30(27)17-21-10-13-28-14-11-21/h4-11,13-14,16,23,26-27,29,31H,12,15,17-18H2,1H3/t23-,26-,27-/m1/s1. The highest BCUT2D eigenvalue weighted by Gasteiger charge is 2.43. The van der Waals surface area contributed by atoms with Crippen molar-refractivity contribution in [3.8, 4) is 17.6 Å². The molecule has 5 heteroatoms. The summed E-state index contributed by atoms with van der Waals surface area (Å²) in [6, 6.07) is 18.7. The zero-order valence-electron chi connectivity index (χ0n) is 18.2. The van der Waals surface area contributed by atoms with Crippen LogP contribution in [0.4, 0.5) is 5.69 Å². The summed E-state index contributed by atoms with van der Waals surface area (Å²) in [6.45, 7) is 2.03. The number of pyridine rings is 1. The molecule has 3 aromatic rings. The topological polar surface area (TPSA) is 57.6 Å². The minimum absolute atomic E-state index is 0.0752. The fourth-order valence-corrected chi connectivity index (χ4v) is 4.95. The summed E-state index contributed by atoms with van der Waals surface area (Å²) in [6.07, 6.45) is 4.76. The van der Waals surface area contributed by atoms with E-state index < -0.39 is 0 Å². The number of aromatic nitrogens is 1. The summed E-state index contributed by atoms with van der Waals surface area (Å²) in [4.78, 5) is 6.68. The van der Waals surface area contributed by atoms with Gasteiger partial charge in [-0.05, 0) is 78.7 Å². The largest absolute Gasteiger partial charge is 0.497 e. The normalized spacial score (nSPS) is 21.6. The molecule has 0 aliphatic carbocycles. The molecule has 1 aromatic heterocycles. The Morgan fingerprint density at radius 2 is 1.81 bits per heavy atom. The molecule has 0 unspecified atom stereocenters. The van der Waals surface area contributed by atoms with Gasteiger partial charge in [-0.1, -0.05) is 11.8 Å². The summed E-state index contributed by atoms with van der Waals surface area (Å²) in [5.41, 5.74) is 5.59. The quantitative estimate of drug-likeness (QED) is 0.622. The van der Waals surface area contributed by atoms with E-state index >= 15 is 0 Å². The number of aliphatic hydroxyl groups excluding tert-OH is 1. The van der Waals surface area contributed by atoms with Gasteiger partial charge in [0.05, 0.1) is 19.8 Å². The van der Waals surface area contributed by atoms with Crippen LogP contribution in [0.25, 0.3) is 0 Å². The second-order valence-electron chi connectivity index (χ2n) is 8.44. The van der Waals surface area contributed by atoms with E-state index in [1.54, 1.807) is 7.11 Å². The van der Waals surface area contributed by atoms with Crippen molar-refractivity contribution in [3.63, 3.8) is 0 Å². The van der Waals surface area contributed by atoms with Crippen LogP contribution in [0.3, 0.4) is 0 Å². The first-order valence-corrected chi connectivity index (χ1v) is 11.1. The third-order valence-corrected chi connectivity index (χ3v) is 6.55. The summed E-state index contributed by atoms with van der Waals surface area (Å²) in [5, 5.41) is 13.6. The van der Waals surface area contributed by atoms with Crippen molar-refractivity contribution in [3.05, 3.63) is 89.2 Å². The molecule has 1 saturated heterocycles. The minimum atomic E-state index is 0.0752. The first kappa shape index (κ1) is 20.6. The molecule has 1 fully saturated rings. The molecule has 0 bridgehead atoms. The van der Waals surface area contributed by atoms with Crippen molar-refractivity contribution in [2.24, 2.45) is 5.92 Å². The molecule has 0 radical (unpaired) electrons. The highest BCUT2D eigenvalue weighted by molar-refractivity contribution is 5.60. The van der Waals surface area contributed by atoms with Gasteiger partial charge in [0, 0.05) is 47.7 Å². The molecule has 162 valence electrons. The fourth-order valence-electron chi connectivity index (χ4n) is 4.95. The van der Waals surface area contributed by atoms with E-state index in [9.17, 15) is 5.11 Å². The van der Waals surface area contributed by atoms with Gasteiger partial charge in [-0.3, -0.25) is 9.88 Å². The summed E-state index contributed by atoms with van der Waals surface area (Å²) in [5.74, 6) is 7.79. The van der Waals surface area contributed by atoms with Gasteiger partial charge in [0.25, 0.3) is 0 Å². The Morgan fingerprint density at radius 1 is 1.06 bits per heavy atom. The molecule has 5 rings (SSSR count). The lowest BCUT2D eigenvalue weighted by Gasteiger charge is -2.39. The molecule has 0 saturated carbocycles. The van der Waals surface area contributed by atoms with E-state index in [2.05, 4.69) is 57.4 Å². The van der Waals surface area contributed by atoms with Gasteiger partial charge in [0.1, 0.15) is 5.75 Å². The average molecular weight is 426 g/mol. The van der Waals surface area contributed by atoms with E-state index in [0.717, 1.165) is 42.1 Å². The Balaban J connectivity index is 1.45. The smallest absolute Gasteiger partial charge is 0.118 e. The summed E-state index contributed by atoms with van der Waals surface area (Å²) in [7, 11) is 1.66. The molecule has 32 heavy (non-hydrogen) atoms. The Bertz CT molecular complexity index is 1140. The molecule has 2 aliphatic heterocycles. The summed E-state index contributed by atoms with van der Waals surface area (Å²) < 4.78 is 5.22. The van der Waals surface area contributed by atoms with Crippen LogP contribution in [0.1, 0.15) is 34.7 Å². The van der Waals surface area contributed by atoms with Crippen LogP contribution in [0, 0.1) is 17.8 Å². The molecule has 2 aromatic carbocycles. The van der Waals surface area contributed by atoms with E-state index in [-0.39, 0.29) is 18.7 Å². The second kappa shape index (κ2) is 9.04. The molecular formula is C27H27N3O2. The lowest BCUT2D eigenvalue weighted by Crippen LogP contribution is -2.41. The maximum atomic E-state index is 10.0. The van der Waals surface area contributed by atoms with Crippen LogP contribution in [0.5, 0.6) is 5.75 Å². The van der Waals surface area contributed by atoms with Crippen molar-refractivity contribution in [2.75, 3.05) is 25.6 Å². The average Bonchev–Trinajstić information content (AvgIpc) is 3.27. The van der Waals surface area contributed by atoms with Crippen molar-refractivity contribution in [2.45, 2.75) is 25.0 Å². The zero-order valence-corrected chi connectivity index (χ0v) is 18.2. The van der Waals surface area contributed by atoms with E-state index in [1.165, 1.54) is 11.1 Å². The lowest BCUT2D eigenvalue weighted by atomic mass is 9.82. The number of nitrogens with zero attached hydrogens (tertiary/aromatic N) is 2. The van der Waals surface area contributed by atoms with Crippen LogP contribution in [-0.4, -0.2) is 41.3 Å². The van der Waals surface area contributed by atoms with Gasteiger partial charge in [-0.15, -0.1) is 0 Å². The third kappa shape index (κ3) is 4.08. The van der Waals surface area contributed by atoms with Gasteiger partial charge in [-0.25, -0.2) is 0 Å². The molecule has 3 atom stereocenters. The molecule has 2 aliphatic rings. The van der Waals surface area contributed by atoms with Gasteiger partial charge in [-0.2, -0.15) is 0 Å². The number of likely N-dealkylation sites (tertiary alicyclic amines) is 1. The molecule has 0 spiro atoms. The van der Waals surface area contributed by atoms with Crippen molar-refractivity contribution < 1.29 is 9.84 Å². The predicted molar refractivity (Wildman–Crippen MR) is 125 cm³/mol. The van der Waals surface area contributed by atoms with Gasteiger partial charge < -0.3 is 15.2 Å². The van der Waals surface area contributed by atoms with E-state index in [0.29, 0.717) is 5.92 Å². The lowest BCUT2D eigenvalue weighted by molar-refractivity contribution is 0.172. The highest BCUT2D eigenvalue weighted by Crippen LogP contribution is 2.47. The Hall–Kier alpha value is -3.33. The molecule has 0 amide bonds. The van der Waals surface area contributed by atoms with Crippen LogP contribution < -0.4 is 10.1 Å². The Kier molecular flexibility index (Phi) is 5.81. The van der Waals surface area contributed by atoms with Crippen LogP contribution in [0.15, 0.2) is 67.0 Å². The number of fused-ring (bicyclic) bond motifs is 3. The summed E-state index contributed by atoms with van der Waals surface area (Å²) >= 11 is 0. The van der Waals surface area contributed by atoms with Crippen molar-refractivity contribution >= 4 is 5.69 Å². The second-order valence-corrected chi connectivity index (χ2v) is 8.44. The number of hydrogen-bond acceptors (Lipinski definition) is 5. The molecular weight excluding hydrogens is 398 g/mol. The Labute approximate surface area is 189 Å². The number of anilines is 1. The maximum absolute atomic E-state index is 10.0. The van der Waals surface area contributed by atoms with Gasteiger partial charge >= 0.3 is 0 Å². The first-order valence-electron chi connectivity index (χ1n) is 11.1. The fraction of sp³-hybridized carbons (Fsp3) is 0.296. The SMILES string of the molecule is COc1ccc(C#Cc2ccc3c(c2)[C@H]2[C@H](CCN2Cc2ccncc2)[C@@H](CO)N3)cc1. The molecule has 5 nitrogen and oxygen atoms in total. The van der Waals surface area contributed by atoms with Crippen molar-refractivity contribution in [1.82, 2.24) is 9.88 Å². The number of rotatable bonds is 4. The maximum Gasteiger partial charge on any atom is 0.118 e. The molecule has 3 heterocycles. The number of ether oxygens (including phenoxy) is 1. The van der Waals surface area contributed by atoms with Crippen LogP contribution in [0.2, 0.25) is 0 Å². The number of methoxy groups -OCH3 is 1. The number of benzene rings is 2. The monoisotopic (exact) mass is 425 g/mol. The van der Waals surface area contributed by atoms with Gasteiger partial charge in [0.2, 0.25) is 0 Å². The van der Waals surface area contributed by atoms with E-state index in [1.807, 2.05) is 36.7 Å². The van der Waals surface area contributed by atoms with Crippen molar-refractivity contribution in [1.29, 1.82) is 0 Å². The van der Waals surface area contributed by atoms with Gasteiger partial charge in [0.15, 0.2) is 0 Å². The Morgan fingerprint density at radius 3 is 2.56 bits per heavy atom. The van der Waals surface area contributed by atoms with Crippen LogP contribution in [-0.2, 0) is 6.54 Å². The zero-order chi connectivity index (χ0) is 21.9. The minimum Gasteiger partial charge on any atom is -0.497 e. The van der Waals surface area contributed by atoms with Crippen LogP contribution >= 0.6 is 0 Å². The number of nitrogens with one attached hydrogen (secondary N) is 1. The predicted octanol–water partition coefficient (Wildman–Crippen LogP) is 3.84. The number of aliphatic hydroxyl groups is 1.